The van der Waals surface area contributed by atoms with Crippen molar-refractivity contribution >= 4 is 26.7 Å². The molecule has 8 nitrogen and oxygen atoms in total. The van der Waals surface area contributed by atoms with Crippen LogP contribution in [-0.2, 0) is 10.0 Å². The molecule has 0 saturated carbocycles. The second-order valence-corrected chi connectivity index (χ2v) is 11.9. The zero-order chi connectivity index (χ0) is 28.1. The van der Waals surface area contributed by atoms with Gasteiger partial charge in [0.05, 0.1) is 15.8 Å². The summed E-state index contributed by atoms with van der Waals surface area (Å²) in [7, 11) is -3.90. The zero-order valence-electron chi connectivity index (χ0n) is 22.4. The highest BCUT2D eigenvalue weighted by atomic mass is 32.2. The molecule has 5 rings (SSSR count). The summed E-state index contributed by atoms with van der Waals surface area (Å²) in [4.78, 5) is 18.1. The van der Waals surface area contributed by atoms with Crippen molar-refractivity contribution in [1.29, 1.82) is 0 Å². The molecule has 1 aromatic heterocycles. The lowest BCUT2D eigenvalue weighted by Gasteiger charge is -2.21. The van der Waals surface area contributed by atoms with Crippen LogP contribution in [0.25, 0.3) is 11.0 Å². The molecule has 1 aliphatic heterocycles. The van der Waals surface area contributed by atoms with Crippen LogP contribution in [0.5, 0.6) is 5.75 Å². The smallest absolute Gasteiger partial charge is 0.343 e. The normalized spacial score (nSPS) is 15.4. The molecule has 1 unspecified atom stereocenters. The third-order valence-electron chi connectivity index (χ3n) is 7.38. The Morgan fingerprint density at radius 2 is 1.68 bits per heavy atom. The molecule has 1 fully saturated rings. The van der Waals surface area contributed by atoms with Crippen molar-refractivity contribution in [2.75, 3.05) is 19.6 Å². The molecule has 208 valence electrons. The number of hydrazone groups is 1. The van der Waals surface area contributed by atoms with Crippen molar-refractivity contribution in [3.8, 4) is 5.75 Å². The Bertz CT molecular complexity index is 1660. The predicted octanol–water partition coefficient (Wildman–Crippen LogP) is 5.15. The second-order valence-electron chi connectivity index (χ2n) is 10.2. The van der Waals surface area contributed by atoms with Gasteiger partial charge in [-0.1, -0.05) is 60.2 Å². The summed E-state index contributed by atoms with van der Waals surface area (Å²) in [6, 6.07) is 22.8. The summed E-state index contributed by atoms with van der Waals surface area (Å²) < 4.78 is 31.7. The monoisotopic (exact) mass is 559 g/mol. The van der Waals surface area contributed by atoms with Gasteiger partial charge in [-0.3, -0.25) is 0 Å². The molecule has 9 heteroatoms. The Labute approximate surface area is 234 Å². The number of hydrogen-bond donors (Lipinski definition) is 2. The number of aromatic hydroxyl groups is 1. The molecule has 1 atom stereocenters. The number of fused-ring (bicyclic) bond motifs is 1. The molecule has 2 heterocycles. The highest BCUT2D eigenvalue weighted by Crippen LogP contribution is 2.36. The fourth-order valence-electron chi connectivity index (χ4n) is 5.15. The van der Waals surface area contributed by atoms with Crippen LogP contribution in [0.15, 0.2) is 98.1 Å². The topological polar surface area (TPSA) is 112 Å². The van der Waals surface area contributed by atoms with Crippen molar-refractivity contribution < 1.29 is 17.9 Å². The quantitative estimate of drug-likeness (QED) is 0.158. The first-order valence-corrected chi connectivity index (χ1v) is 15.0. The van der Waals surface area contributed by atoms with E-state index in [1.165, 1.54) is 0 Å². The molecule has 0 amide bonds. The Morgan fingerprint density at radius 3 is 2.40 bits per heavy atom. The summed E-state index contributed by atoms with van der Waals surface area (Å²) in [5, 5.41) is 16.1. The van der Waals surface area contributed by atoms with Crippen LogP contribution >= 0.6 is 0 Å². The molecule has 3 aromatic carbocycles. The van der Waals surface area contributed by atoms with Crippen LogP contribution in [0.4, 0.5) is 0 Å². The number of hydrogen-bond acceptors (Lipinski definition) is 7. The molecule has 0 aliphatic carbocycles. The number of para-hydroxylation sites is 1. The van der Waals surface area contributed by atoms with Gasteiger partial charge in [0.2, 0.25) is 0 Å². The minimum atomic E-state index is -3.90. The van der Waals surface area contributed by atoms with Gasteiger partial charge in [0.1, 0.15) is 11.3 Å². The van der Waals surface area contributed by atoms with E-state index in [-0.39, 0.29) is 22.6 Å². The van der Waals surface area contributed by atoms with Crippen molar-refractivity contribution in [3.63, 3.8) is 0 Å². The summed E-state index contributed by atoms with van der Waals surface area (Å²) in [5.41, 5.74) is 2.10. The van der Waals surface area contributed by atoms with Gasteiger partial charge in [-0.2, -0.15) is 13.5 Å². The number of nitrogens with one attached hydrogen (secondary N) is 1. The maximum atomic E-state index is 13.3. The first-order valence-electron chi connectivity index (χ1n) is 13.5. The Kier molecular flexibility index (Phi) is 8.32. The van der Waals surface area contributed by atoms with E-state index in [4.69, 9.17) is 4.42 Å². The summed E-state index contributed by atoms with van der Waals surface area (Å²) in [5.74, 6) is -0.747. The number of aryl methyl sites for hydroxylation is 1. The zero-order valence-corrected chi connectivity index (χ0v) is 23.2. The van der Waals surface area contributed by atoms with Gasteiger partial charge in [-0.25, -0.2) is 9.63 Å². The lowest BCUT2D eigenvalue weighted by atomic mass is 9.86. The van der Waals surface area contributed by atoms with Gasteiger partial charge in [0.25, 0.3) is 10.0 Å². The molecule has 0 spiro atoms. The average molecular weight is 560 g/mol. The molecule has 40 heavy (non-hydrogen) atoms. The third kappa shape index (κ3) is 6.26. The van der Waals surface area contributed by atoms with Crippen molar-refractivity contribution in [2.24, 2.45) is 5.10 Å². The largest absolute Gasteiger partial charge is 0.507 e. The van der Waals surface area contributed by atoms with E-state index < -0.39 is 21.6 Å². The first kappa shape index (κ1) is 27.6. The Balaban J connectivity index is 1.54. The van der Waals surface area contributed by atoms with Crippen LogP contribution < -0.4 is 10.5 Å². The van der Waals surface area contributed by atoms with Gasteiger partial charge in [-0.15, -0.1) is 0 Å². The third-order valence-corrected chi connectivity index (χ3v) is 8.60. The molecule has 2 N–H and O–H groups in total. The number of benzene rings is 3. The van der Waals surface area contributed by atoms with Crippen LogP contribution in [0.1, 0.15) is 48.3 Å². The lowest BCUT2D eigenvalue weighted by Crippen LogP contribution is -2.26. The fourth-order valence-corrected chi connectivity index (χ4v) is 6.00. The van der Waals surface area contributed by atoms with Crippen molar-refractivity contribution in [2.45, 2.75) is 43.4 Å². The van der Waals surface area contributed by atoms with E-state index >= 15 is 0 Å². The molecular weight excluding hydrogens is 526 g/mol. The van der Waals surface area contributed by atoms with Crippen molar-refractivity contribution in [3.05, 3.63) is 106 Å². The van der Waals surface area contributed by atoms with Crippen LogP contribution in [0.3, 0.4) is 0 Å². The molecular formula is C31H33N3O5S. The molecule has 1 aliphatic rings. The van der Waals surface area contributed by atoms with E-state index in [1.807, 2.05) is 37.3 Å². The van der Waals surface area contributed by atoms with E-state index in [9.17, 15) is 18.3 Å². The second kappa shape index (κ2) is 12.1. The maximum Gasteiger partial charge on any atom is 0.343 e. The molecule has 4 aromatic rings. The first-order chi connectivity index (χ1) is 19.3. The van der Waals surface area contributed by atoms with Crippen molar-refractivity contribution in [1.82, 2.24) is 9.73 Å². The van der Waals surface area contributed by atoms with Gasteiger partial charge in [-0.05, 0) is 69.1 Å². The number of nitrogens with zero attached hydrogens (tertiary/aromatic N) is 2. The maximum absolute atomic E-state index is 13.3. The van der Waals surface area contributed by atoms with Gasteiger partial charge < -0.3 is 14.4 Å². The Morgan fingerprint density at radius 1 is 1.00 bits per heavy atom. The van der Waals surface area contributed by atoms with Crippen LogP contribution in [-0.4, -0.2) is 43.8 Å². The summed E-state index contributed by atoms with van der Waals surface area (Å²) in [6.07, 6.45) is 2.97. The number of sulfonamides is 1. The van der Waals surface area contributed by atoms with E-state index in [0.717, 1.165) is 37.1 Å². The Hall–Kier alpha value is -3.95. The molecule has 0 radical (unpaired) electrons. The number of rotatable bonds is 10. The molecule has 1 saturated heterocycles. The minimum absolute atomic E-state index is 0.119. The van der Waals surface area contributed by atoms with Crippen LogP contribution in [0.2, 0.25) is 0 Å². The lowest BCUT2D eigenvalue weighted by molar-refractivity contribution is 0.348. The van der Waals surface area contributed by atoms with Gasteiger partial charge in [0, 0.05) is 24.6 Å². The van der Waals surface area contributed by atoms with Gasteiger partial charge >= 0.3 is 5.63 Å². The minimum Gasteiger partial charge on any atom is -0.507 e. The SMILES string of the molecule is Cc1ccc(S(=O)(=O)N/N=C(\CCN2CCCC2)CC(c2ccccc2)c2c(O)c3ccccc3oc2=O)cc1. The van der Waals surface area contributed by atoms with Gasteiger partial charge in [0.15, 0.2) is 0 Å². The predicted molar refractivity (Wildman–Crippen MR) is 156 cm³/mol. The highest BCUT2D eigenvalue weighted by Gasteiger charge is 2.27. The van der Waals surface area contributed by atoms with E-state index in [1.54, 1.807) is 48.5 Å². The average Bonchev–Trinajstić information content (AvgIpc) is 3.48. The van der Waals surface area contributed by atoms with E-state index in [2.05, 4.69) is 14.8 Å². The summed E-state index contributed by atoms with van der Waals surface area (Å²) in [6.45, 7) is 4.57. The fraction of sp³-hybridized carbons (Fsp3) is 0.290. The highest BCUT2D eigenvalue weighted by molar-refractivity contribution is 7.89. The molecule has 0 bridgehead atoms. The van der Waals surface area contributed by atoms with Crippen LogP contribution in [0, 0.1) is 6.92 Å². The van der Waals surface area contributed by atoms with E-state index in [0.29, 0.717) is 29.6 Å². The standard InChI is InChI=1S/C31H33N3O5S/c1-22-13-15-25(16-14-22)40(37,38)33-32-24(17-20-34-18-7-8-19-34)21-27(23-9-3-2-4-10-23)29-30(35)26-11-5-6-12-28(26)39-31(29)36/h2-6,9-16,27,33,35H,7-8,17-21H2,1H3/b32-24+. The number of likely N-dealkylation sites (tertiary alicyclic amines) is 1. The summed E-state index contributed by atoms with van der Waals surface area (Å²) >= 11 is 0.